The molecular weight excluding hydrogens is 328 g/mol. The minimum absolute atomic E-state index is 0. The lowest BCUT2D eigenvalue weighted by Gasteiger charge is -2.42. The van der Waals surface area contributed by atoms with Crippen molar-refractivity contribution in [2.75, 3.05) is 26.8 Å². The molecule has 1 aromatic rings. The standard InChI is InChI=1S/C18H28N2O3.ClH/c1-18(2)13-20(11-10-16(18)19)17(21)5-4-12-23-15-8-6-14(22-3)7-9-15;/h6-9,16H,4-5,10-13,19H2,1-3H3;1H. The van der Waals surface area contributed by atoms with Gasteiger partial charge in [-0.25, -0.2) is 0 Å². The van der Waals surface area contributed by atoms with E-state index in [2.05, 4.69) is 13.8 Å². The van der Waals surface area contributed by atoms with Crippen LogP contribution in [0.15, 0.2) is 24.3 Å². The van der Waals surface area contributed by atoms with E-state index in [1.165, 1.54) is 0 Å². The Kier molecular flexibility index (Phi) is 7.84. The summed E-state index contributed by atoms with van der Waals surface area (Å²) in [4.78, 5) is 14.2. The van der Waals surface area contributed by atoms with E-state index in [4.69, 9.17) is 15.2 Å². The van der Waals surface area contributed by atoms with E-state index >= 15 is 0 Å². The van der Waals surface area contributed by atoms with Crippen molar-refractivity contribution in [2.24, 2.45) is 11.1 Å². The summed E-state index contributed by atoms with van der Waals surface area (Å²) in [5.74, 6) is 1.80. The van der Waals surface area contributed by atoms with E-state index in [1.807, 2.05) is 29.2 Å². The van der Waals surface area contributed by atoms with Crippen molar-refractivity contribution in [3.63, 3.8) is 0 Å². The van der Waals surface area contributed by atoms with Crippen LogP contribution in [0.4, 0.5) is 0 Å². The Morgan fingerprint density at radius 3 is 2.50 bits per heavy atom. The van der Waals surface area contributed by atoms with Crippen molar-refractivity contribution in [1.82, 2.24) is 4.90 Å². The monoisotopic (exact) mass is 356 g/mol. The molecule has 6 heteroatoms. The van der Waals surface area contributed by atoms with Crippen molar-refractivity contribution in [2.45, 2.75) is 39.2 Å². The summed E-state index contributed by atoms with van der Waals surface area (Å²) in [7, 11) is 1.64. The molecule has 1 fully saturated rings. The maximum absolute atomic E-state index is 12.3. The first kappa shape index (κ1) is 20.6. The van der Waals surface area contributed by atoms with E-state index in [0.717, 1.165) is 31.0 Å². The first-order valence-electron chi connectivity index (χ1n) is 8.22. The molecule has 2 N–H and O–H groups in total. The van der Waals surface area contributed by atoms with Crippen LogP contribution >= 0.6 is 12.4 Å². The number of piperidine rings is 1. The number of ether oxygens (including phenoxy) is 2. The van der Waals surface area contributed by atoms with Gasteiger partial charge in [0.15, 0.2) is 0 Å². The minimum Gasteiger partial charge on any atom is -0.497 e. The smallest absolute Gasteiger partial charge is 0.222 e. The molecular formula is C18H29ClN2O3. The summed E-state index contributed by atoms with van der Waals surface area (Å²) >= 11 is 0. The molecule has 0 bridgehead atoms. The van der Waals surface area contributed by atoms with E-state index in [0.29, 0.717) is 19.4 Å². The van der Waals surface area contributed by atoms with Gasteiger partial charge in [0.25, 0.3) is 0 Å². The molecule has 5 nitrogen and oxygen atoms in total. The van der Waals surface area contributed by atoms with E-state index in [9.17, 15) is 4.79 Å². The van der Waals surface area contributed by atoms with Crippen LogP contribution in [-0.2, 0) is 4.79 Å². The third-order valence-electron chi connectivity index (χ3n) is 4.53. The van der Waals surface area contributed by atoms with Crippen LogP contribution in [0.25, 0.3) is 0 Å². The summed E-state index contributed by atoms with van der Waals surface area (Å²) in [5.41, 5.74) is 6.11. The highest BCUT2D eigenvalue weighted by Crippen LogP contribution is 2.28. The van der Waals surface area contributed by atoms with Crippen molar-refractivity contribution in [3.8, 4) is 11.5 Å². The largest absolute Gasteiger partial charge is 0.497 e. The van der Waals surface area contributed by atoms with Gasteiger partial charge in [-0.05, 0) is 42.5 Å². The zero-order chi connectivity index (χ0) is 16.9. The molecule has 1 saturated heterocycles. The number of likely N-dealkylation sites (tertiary alicyclic amines) is 1. The number of nitrogens with zero attached hydrogens (tertiary/aromatic N) is 1. The molecule has 0 radical (unpaired) electrons. The molecule has 1 heterocycles. The number of carbonyl (C=O) groups is 1. The summed E-state index contributed by atoms with van der Waals surface area (Å²) in [6, 6.07) is 7.63. The van der Waals surface area contributed by atoms with Gasteiger partial charge in [-0.2, -0.15) is 0 Å². The van der Waals surface area contributed by atoms with Crippen molar-refractivity contribution < 1.29 is 14.3 Å². The van der Waals surface area contributed by atoms with Crippen molar-refractivity contribution >= 4 is 18.3 Å². The molecule has 1 atom stereocenters. The first-order valence-corrected chi connectivity index (χ1v) is 8.22. The van der Waals surface area contributed by atoms with E-state index < -0.39 is 0 Å². The quantitative estimate of drug-likeness (QED) is 0.796. The maximum atomic E-state index is 12.3. The fraction of sp³-hybridized carbons (Fsp3) is 0.611. The number of carbonyl (C=O) groups excluding carboxylic acids is 1. The lowest BCUT2D eigenvalue weighted by molar-refractivity contribution is -0.134. The number of nitrogens with two attached hydrogens (primary N) is 1. The number of methoxy groups -OCH3 is 1. The molecule has 1 aliphatic heterocycles. The molecule has 1 amide bonds. The Morgan fingerprint density at radius 2 is 1.92 bits per heavy atom. The molecule has 1 unspecified atom stereocenters. The van der Waals surface area contributed by atoms with Crippen LogP contribution < -0.4 is 15.2 Å². The van der Waals surface area contributed by atoms with Crippen molar-refractivity contribution in [3.05, 3.63) is 24.3 Å². The zero-order valence-corrected chi connectivity index (χ0v) is 15.6. The predicted octanol–water partition coefficient (Wildman–Crippen LogP) is 2.86. The molecule has 0 spiro atoms. The van der Waals surface area contributed by atoms with Gasteiger partial charge in [-0.15, -0.1) is 12.4 Å². The predicted molar refractivity (Wildman–Crippen MR) is 97.9 cm³/mol. The minimum atomic E-state index is -0.00644. The normalized spacial score (nSPS) is 19.3. The molecule has 1 aliphatic rings. The number of halogens is 1. The Labute approximate surface area is 150 Å². The summed E-state index contributed by atoms with van der Waals surface area (Å²) in [6.07, 6.45) is 2.11. The van der Waals surface area contributed by atoms with Gasteiger partial charge < -0.3 is 20.1 Å². The average molecular weight is 357 g/mol. The Balaban J connectivity index is 0.00000288. The Hall–Kier alpha value is -1.46. The summed E-state index contributed by atoms with van der Waals surface area (Å²) in [6.45, 7) is 6.30. The fourth-order valence-electron chi connectivity index (χ4n) is 2.83. The third-order valence-corrected chi connectivity index (χ3v) is 4.53. The van der Waals surface area contributed by atoms with Gasteiger partial charge in [0.1, 0.15) is 11.5 Å². The molecule has 0 aliphatic carbocycles. The van der Waals surface area contributed by atoms with E-state index in [-0.39, 0.29) is 29.8 Å². The number of rotatable bonds is 6. The van der Waals surface area contributed by atoms with Crippen LogP contribution in [0.1, 0.15) is 33.1 Å². The van der Waals surface area contributed by atoms with Gasteiger partial charge >= 0.3 is 0 Å². The van der Waals surface area contributed by atoms with E-state index in [1.54, 1.807) is 7.11 Å². The highest BCUT2D eigenvalue weighted by atomic mass is 35.5. The lowest BCUT2D eigenvalue weighted by Crippen LogP contribution is -2.54. The summed E-state index contributed by atoms with van der Waals surface area (Å²) < 4.78 is 10.8. The first-order chi connectivity index (χ1) is 10.9. The SMILES string of the molecule is COc1ccc(OCCCC(=O)N2CCC(N)C(C)(C)C2)cc1.Cl. The molecule has 0 aromatic heterocycles. The average Bonchev–Trinajstić information content (AvgIpc) is 2.54. The van der Waals surface area contributed by atoms with Gasteiger partial charge in [-0.3, -0.25) is 4.79 Å². The molecule has 136 valence electrons. The van der Waals surface area contributed by atoms with Gasteiger partial charge in [0.05, 0.1) is 13.7 Å². The van der Waals surface area contributed by atoms with Crippen LogP contribution in [0.2, 0.25) is 0 Å². The fourth-order valence-corrected chi connectivity index (χ4v) is 2.83. The highest BCUT2D eigenvalue weighted by molar-refractivity contribution is 5.85. The Bertz CT molecular complexity index is 520. The van der Waals surface area contributed by atoms with Gasteiger partial charge in [-0.1, -0.05) is 13.8 Å². The Morgan fingerprint density at radius 1 is 1.29 bits per heavy atom. The lowest BCUT2D eigenvalue weighted by atomic mass is 9.79. The van der Waals surface area contributed by atoms with Gasteiger partial charge in [0.2, 0.25) is 5.91 Å². The van der Waals surface area contributed by atoms with Gasteiger partial charge in [0, 0.05) is 25.6 Å². The molecule has 24 heavy (non-hydrogen) atoms. The zero-order valence-electron chi connectivity index (χ0n) is 14.8. The maximum Gasteiger partial charge on any atom is 0.222 e. The summed E-state index contributed by atoms with van der Waals surface area (Å²) in [5, 5.41) is 0. The molecule has 2 rings (SSSR count). The molecule has 1 aromatic carbocycles. The topological polar surface area (TPSA) is 64.8 Å². The third kappa shape index (κ3) is 5.56. The number of amides is 1. The number of benzene rings is 1. The van der Waals surface area contributed by atoms with Crippen LogP contribution in [0.5, 0.6) is 11.5 Å². The van der Waals surface area contributed by atoms with Crippen LogP contribution in [-0.4, -0.2) is 43.7 Å². The van der Waals surface area contributed by atoms with Crippen LogP contribution in [0, 0.1) is 5.41 Å². The number of hydrogen-bond acceptors (Lipinski definition) is 4. The highest BCUT2D eigenvalue weighted by Gasteiger charge is 2.34. The second-order valence-electron chi connectivity index (χ2n) is 6.83. The second kappa shape index (κ2) is 9.14. The van der Waals surface area contributed by atoms with Crippen molar-refractivity contribution in [1.29, 1.82) is 0 Å². The second-order valence-corrected chi connectivity index (χ2v) is 6.83. The number of hydrogen-bond donors (Lipinski definition) is 1. The molecule has 0 saturated carbocycles. The van der Waals surface area contributed by atoms with Crippen LogP contribution in [0.3, 0.4) is 0 Å².